The first-order valence-corrected chi connectivity index (χ1v) is 15.1. The van der Waals surface area contributed by atoms with E-state index >= 15 is 0 Å². The lowest BCUT2D eigenvalue weighted by Crippen LogP contribution is -2.40. The second-order valence-corrected chi connectivity index (χ2v) is 13.5. The minimum atomic E-state index is -3.65. The number of piperidine rings is 1. The van der Waals surface area contributed by atoms with E-state index in [2.05, 4.69) is 28.4 Å². The Bertz CT molecular complexity index is 1160. The van der Waals surface area contributed by atoms with Crippen molar-refractivity contribution in [2.75, 3.05) is 26.2 Å². The minimum absolute atomic E-state index is 0.127. The first-order valence-electron chi connectivity index (χ1n) is 12.4. The van der Waals surface area contributed by atoms with Gasteiger partial charge in [-0.2, -0.15) is 4.31 Å². The number of fused-ring (bicyclic) bond motifs is 1. The van der Waals surface area contributed by atoms with Gasteiger partial charge in [0.1, 0.15) is 9.96 Å². The fraction of sp³-hybridized carbons (Fsp3) is 0.560. The van der Waals surface area contributed by atoms with E-state index in [0.29, 0.717) is 30.3 Å². The van der Waals surface area contributed by atoms with Gasteiger partial charge in [0, 0.05) is 37.5 Å². The van der Waals surface area contributed by atoms with E-state index in [1.807, 2.05) is 0 Å². The number of halogens is 1. The fourth-order valence-corrected chi connectivity index (χ4v) is 8.71. The Kier molecular flexibility index (Phi) is 7.69. The summed E-state index contributed by atoms with van der Waals surface area (Å²) in [5.41, 5.74) is 2.23. The van der Waals surface area contributed by atoms with Crippen LogP contribution in [0.2, 0.25) is 4.34 Å². The van der Waals surface area contributed by atoms with Crippen LogP contribution >= 0.6 is 22.9 Å². The average molecular weight is 538 g/mol. The molecule has 5 rings (SSSR count). The third-order valence-corrected chi connectivity index (χ3v) is 10.8. The second kappa shape index (κ2) is 10.8. The third-order valence-electron chi connectivity index (χ3n) is 7.16. The molecule has 1 amide bonds. The van der Waals surface area contributed by atoms with Gasteiger partial charge in [-0.1, -0.05) is 30.2 Å². The predicted octanol–water partition coefficient (Wildman–Crippen LogP) is 4.57. The summed E-state index contributed by atoms with van der Waals surface area (Å²) in [6.07, 6.45) is 6.11. The lowest BCUT2D eigenvalue weighted by atomic mass is 9.98. The van der Waals surface area contributed by atoms with Crippen molar-refractivity contribution in [3.63, 3.8) is 0 Å². The fourth-order valence-electron chi connectivity index (χ4n) is 5.41. The molecular formula is C25H32ClN3O4S2. The maximum absolute atomic E-state index is 13.1. The van der Waals surface area contributed by atoms with E-state index in [1.165, 1.54) is 35.2 Å². The SMILES string of the molecule is O=C(C[C@@H]1CCCN1S(=O)(=O)c1ccc(Cl)s1)N[C@@H]1CCOc2cc(CN3CCCCC3)ccc21. The minimum Gasteiger partial charge on any atom is -0.493 e. The highest BCUT2D eigenvalue weighted by Gasteiger charge is 2.37. The lowest BCUT2D eigenvalue weighted by Gasteiger charge is -2.30. The van der Waals surface area contributed by atoms with Crippen LogP contribution in [-0.2, 0) is 21.4 Å². The van der Waals surface area contributed by atoms with Gasteiger partial charge in [0.15, 0.2) is 0 Å². The van der Waals surface area contributed by atoms with Gasteiger partial charge >= 0.3 is 0 Å². The molecule has 2 atom stereocenters. The van der Waals surface area contributed by atoms with Gasteiger partial charge < -0.3 is 10.1 Å². The summed E-state index contributed by atoms with van der Waals surface area (Å²) in [4.78, 5) is 15.5. The van der Waals surface area contributed by atoms with E-state index in [-0.39, 0.29) is 28.6 Å². The number of carbonyl (C=O) groups is 1. The van der Waals surface area contributed by atoms with E-state index in [0.717, 1.165) is 48.7 Å². The number of rotatable bonds is 7. The van der Waals surface area contributed by atoms with E-state index in [1.54, 1.807) is 6.07 Å². The van der Waals surface area contributed by atoms with Crippen molar-refractivity contribution in [2.24, 2.45) is 0 Å². The Hall–Kier alpha value is -1.65. The number of hydrogen-bond donors (Lipinski definition) is 1. The molecule has 1 aromatic carbocycles. The number of likely N-dealkylation sites (tertiary alicyclic amines) is 1. The molecule has 0 unspecified atom stereocenters. The molecule has 35 heavy (non-hydrogen) atoms. The smallest absolute Gasteiger partial charge is 0.252 e. The van der Waals surface area contributed by atoms with Crippen LogP contribution < -0.4 is 10.1 Å². The lowest BCUT2D eigenvalue weighted by molar-refractivity contribution is -0.122. The Balaban J connectivity index is 1.22. The number of thiophene rings is 1. The molecule has 2 aromatic rings. The zero-order chi connectivity index (χ0) is 24.4. The van der Waals surface area contributed by atoms with Crippen molar-refractivity contribution >= 4 is 38.9 Å². The normalized spacial score (nSPS) is 23.6. The number of sulfonamides is 1. The van der Waals surface area contributed by atoms with E-state index in [4.69, 9.17) is 16.3 Å². The number of benzene rings is 1. The molecule has 0 saturated carbocycles. The van der Waals surface area contributed by atoms with Gasteiger partial charge in [-0.25, -0.2) is 8.42 Å². The maximum Gasteiger partial charge on any atom is 0.252 e. The Morgan fingerprint density at radius 3 is 2.69 bits per heavy atom. The van der Waals surface area contributed by atoms with Crippen LogP contribution in [0.15, 0.2) is 34.5 Å². The number of ether oxygens (including phenoxy) is 1. The zero-order valence-corrected chi connectivity index (χ0v) is 22.1. The summed E-state index contributed by atoms with van der Waals surface area (Å²) in [5, 5.41) is 3.15. The van der Waals surface area contributed by atoms with Crippen LogP contribution in [-0.4, -0.2) is 55.8 Å². The molecular weight excluding hydrogens is 506 g/mol. The summed E-state index contributed by atoms with van der Waals surface area (Å²) in [6.45, 7) is 4.19. The van der Waals surface area contributed by atoms with Crippen molar-refractivity contribution < 1.29 is 17.9 Å². The molecule has 1 aromatic heterocycles. The van der Waals surface area contributed by atoms with Crippen LogP contribution in [0.4, 0.5) is 0 Å². The molecule has 7 nitrogen and oxygen atoms in total. The number of nitrogens with zero attached hydrogens (tertiary/aromatic N) is 2. The summed E-state index contributed by atoms with van der Waals surface area (Å²) >= 11 is 7.01. The van der Waals surface area contributed by atoms with Gasteiger partial charge in [0.2, 0.25) is 5.91 Å². The highest BCUT2D eigenvalue weighted by atomic mass is 35.5. The van der Waals surface area contributed by atoms with Crippen LogP contribution in [0.5, 0.6) is 5.75 Å². The van der Waals surface area contributed by atoms with Crippen molar-refractivity contribution in [3.05, 3.63) is 45.8 Å². The molecule has 10 heteroatoms. The van der Waals surface area contributed by atoms with Gasteiger partial charge in [-0.05, 0) is 62.5 Å². The highest BCUT2D eigenvalue weighted by molar-refractivity contribution is 7.91. The van der Waals surface area contributed by atoms with Crippen LogP contribution in [0.3, 0.4) is 0 Å². The number of carbonyl (C=O) groups excluding carboxylic acids is 1. The average Bonchev–Trinajstić information content (AvgIpc) is 3.49. The molecule has 190 valence electrons. The molecule has 1 N–H and O–H groups in total. The standard InChI is InChI=1S/C25H32ClN3O4S2/c26-23-8-9-25(34-23)35(31,32)29-13-4-5-19(29)16-24(30)27-21-10-14-33-22-15-18(6-7-20(21)22)17-28-11-2-1-3-12-28/h6-9,15,19,21H,1-5,10-14,16-17H2,(H,27,30)/t19-,21+/m0/s1. The number of nitrogens with one attached hydrogen (secondary N) is 1. The van der Waals surface area contributed by atoms with Crippen LogP contribution in [0.25, 0.3) is 0 Å². The molecule has 2 fully saturated rings. The van der Waals surface area contributed by atoms with Gasteiger partial charge in [-0.3, -0.25) is 9.69 Å². The Labute approximate surface area is 216 Å². The summed E-state index contributed by atoms with van der Waals surface area (Å²) in [7, 11) is -3.65. The molecule has 0 radical (unpaired) electrons. The van der Waals surface area contributed by atoms with E-state index < -0.39 is 10.0 Å². The monoisotopic (exact) mass is 537 g/mol. The van der Waals surface area contributed by atoms with E-state index in [9.17, 15) is 13.2 Å². The first kappa shape index (κ1) is 25.0. The predicted molar refractivity (Wildman–Crippen MR) is 137 cm³/mol. The van der Waals surface area contributed by atoms with Gasteiger partial charge in [0.25, 0.3) is 10.0 Å². The molecule has 0 bridgehead atoms. The second-order valence-electron chi connectivity index (χ2n) is 9.64. The summed E-state index contributed by atoms with van der Waals surface area (Å²) < 4.78 is 34.3. The highest BCUT2D eigenvalue weighted by Crippen LogP contribution is 2.35. The molecule has 2 saturated heterocycles. The Morgan fingerprint density at radius 2 is 1.91 bits per heavy atom. The van der Waals surface area contributed by atoms with Crippen molar-refractivity contribution in [2.45, 2.75) is 67.8 Å². The molecule has 0 spiro atoms. The van der Waals surface area contributed by atoms with Gasteiger partial charge in [-0.15, -0.1) is 11.3 Å². The van der Waals surface area contributed by atoms with Crippen molar-refractivity contribution in [1.82, 2.24) is 14.5 Å². The van der Waals surface area contributed by atoms with Crippen molar-refractivity contribution in [3.8, 4) is 5.75 Å². The zero-order valence-electron chi connectivity index (χ0n) is 19.7. The number of amides is 1. The maximum atomic E-state index is 13.1. The topological polar surface area (TPSA) is 79.0 Å². The quantitative estimate of drug-likeness (QED) is 0.559. The molecule has 4 heterocycles. The van der Waals surface area contributed by atoms with Crippen LogP contribution in [0.1, 0.15) is 62.1 Å². The molecule has 3 aliphatic rings. The van der Waals surface area contributed by atoms with Gasteiger partial charge in [0.05, 0.1) is 17.0 Å². The molecule has 0 aliphatic carbocycles. The third kappa shape index (κ3) is 5.69. The molecule has 3 aliphatic heterocycles. The van der Waals surface area contributed by atoms with Crippen molar-refractivity contribution in [1.29, 1.82) is 0 Å². The largest absolute Gasteiger partial charge is 0.493 e. The summed E-state index contributed by atoms with van der Waals surface area (Å²) in [5.74, 6) is 0.715. The number of hydrogen-bond acceptors (Lipinski definition) is 6. The van der Waals surface area contributed by atoms with Crippen LogP contribution in [0, 0.1) is 0 Å². The Morgan fingerprint density at radius 1 is 1.09 bits per heavy atom. The first-order chi connectivity index (χ1) is 16.9. The summed E-state index contributed by atoms with van der Waals surface area (Å²) in [6, 6.07) is 8.99.